The van der Waals surface area contributed by atoms with E-state index in [0.29, 0.717) is 24.3 Å². The van der Waals surface area contributed by atoms with E-state index in [9.17, 15) is 16.8 Å². The standard InChI is InChI=1S/C19H24N2O4S2/c1-3-5-16-7-10-18(11-8-16)27(24,25)20-19-14-17(9-6-15(19)2)21-12-4-13-26(21,22)23/h6-11,14,20H,3-5,12-13H2,1-2H3. The molecule has 146 valence electrons. The third-order valence-corrected chi connectivity index (χ3v) is 7.88. The van der Waals surface area contributed by atoms with Crippen molar-refractivity contribution in [2.75, 3.05) is 21.3 Å². The predicted octanol–water partition coefficient (Wildman–Crippen LogP) is 3.29. The molecule has 1 N–H and O–H groups in total. The minimum absolute atomic E-state index is 0.117. The number of anilines is 2. The van der Waals surface area contributed by atoms with E-state index < -0.39 is 20.0 Å². The van der Waals surface area contributed by atoms with Crippen molar-refractivity contribution in [3.8, 4) is 0 Å². The van der Waals surface area contributed by atoms with Gasteiger partial charge in [-0.2, -0.15) is 0 Å². The second kappa shape index (κ2) is 7.52. The fraction of sp³-hybridized carbons (Fsp3) is 0.368. The maximum absolute atomic E-state index is 12.7. The van der Waals surface area contributed by atoms with Crippen LogP contribution in [-0.2, 0) is 26.5 Å². The minimum atomic E-state index is -3.75. The van der Waals surface area contributed by atoms with Gasteiger partial charge in [-0.05, 0) is 55.2 Å². The zero-order valence-corrected chi connectivity index (χ0v) is 17.1. The van der Waals surface area contributed by atoms with Crippen LogP contribution in [0.5, 0.6) is 0 Å². The molecular formula is C19H24N2O4S2. The molecule has 0 aromatic heterocycles. The van der Waals surface area contributed by atoms with Gasteiger partial charge in [0.25, 0.3) is 10.0 Å². The van der Waals surface area contributed by atoms with Gasteiger partial charge in [0.15, 0.2) is 0 Å². The number of hydrogen-bond donors (Lipinski definition) is 1. The largest absolute Gasteiger partial charge is 0.279 e. The molecule has 1 fully saturated rings. The van der Waals surface area contributed by atoms with E-state index in [1.54, 1.807) is 37.3 Å². The zero-order chi connectivity index (χ0) is 19.7. The quantitative estimate of drug-likeness (QED) is 0.795. The van der Waals surface area contributed by atoms with Crippen LogP contribution in [0.25, 0.3) is 0 Å². The van der Waals surface area contributed by atoms with E-state index in [4.69, 9.17) is 0 Å². The number of sulfonamides is 2. The Balaban J connectivity index is 1.89. The third-order valence-electron chi connectivity index (χ3n) is 4.63. The molecule has 1 aliphatic heterocycles. The summed E-state index contributed by atoms with van der Waals surface area (Å²) in [7, 11) is -7.07. The molecule has 0 unspecified atom stereocenters. The summed E-state index contributed by atoms with van der Waals surface area (Å²) in [5, 5.41) is 0. The third kappa shape index (κ3) is 4.27. The highest BCUT2D eigenvalue weighted by molar-refractivity contribution is 7.93. The van der Waals surface area contributed by atoms with Gasteiger partial charge in [-0.1, -0.05) is 31.5 Å². The number of benzene rings is 2. The van der Waals surface area contributed by atoms with Crippen molar-refractivity contribution in [3.63, 3.8) is 0 Å². The maximum atomic E-state index is 12.7. The Morgan fingerprint density at radius 1 is 1.11 bits per heavy atom. The van der Waals surface area contributed by atoms with Crippen LogP contribution < -0.4 is 9.03 Å². The first-order valence-corrected chi connectivity index (χ1v) is 12.0. The Labute approximate surface area is 161 Å². The van der Waals surface area contributed by atoms with Crippen LogP contribution in [0.2, 0.25) is 0 Å². The van der Waals surface area contributed by atoms with Gasteiger partial charge in [0.2, 0.25) is 10.0 Å². The van der Waals surface area contributed by atoms with Gasteiger partial charge in [0, 0.05) is 6.54 Å². The van der Waals surface area contributed by atoms with Crippen LogP contribution in [0.4, 0.5) is 11.4 Å². The molecule has 6 nitrogen and oxygen atoms in total. The Bertz CT molecular complexity index is 1030. The number of hydrogen-bond acceptors (Lipinski definition) is 4. The van der Waals surface area contributed by atoms with Crippen molar-refractivity contribution >= 4 is 31.4 Å². The van der Waals surface area contributed by atoms with Gasteiger partial charge in [0.05, 0.1) is 22.0 Å². The average molecular weight is 409 g/mol. The van der Waals surface area contributed by atoms with Crippen LogP contribution in [0, 0.1) is 6.92 Å². The normalized spacial score (nSPS) is 16.4. The lowest BCUT2D eigenvalue weighted by Crippen LogP contribution is -2.25. The van der Waals surface area contributed by atoms with Gasteiger partial charge in [-0.15, -0.1) is 0 Å². The number of aryl methyl sites for hydroxylation is 2. The fourth-order valence-corrected chi connectivity index (χ4v) is 5.81. The molecule has 1 heterocycles. The van der Waals surface area contributed by atoms with Crippen molar-refractivity contribution in [2.45, 2.75) is 38.0 Å². The van der Waals surface area contributed by atoms with Crippen molar-refractivity contribution in [3.05, 3.63) is 53.6 Å². The summed E-state index contributed by atoms with van der Waals surface area (Å²) >= 11 is 0. The molecule has 2 aromatic rings. The van der Waals surface area contributed by atoms with Crippen LogP contribution in [0.1, 0.15) is 30.9 Å². The summed E-state index contributed by atoms with van der Waals surface area (Å²) in [6.45, 7) is 4.27. The highest BCUT2D eigenvalue weighted by Gasteiger charge is 2.29. The first-order chi connectivity index (χ1) is 12.7. The molecule has 2 aromatic carbocycles. The molecule has 3 rings (SSSR count). The fourth-order valence-electron chi connectivity index (χ4n) is 3.13. The Morgan fingerprint density at radius 3 is 2.41 bits per heavy atom. The highest BCUT2D eigenvalue weighted by atomic mass is 32.2. The van der Waals surface area contributed by atoms with Gasteiger partial charge in [0.1, 0.15) is 0 Å². The van der Waals surface area contributed by atoms with E-state index in [2.05, 4.69) is 11.6 Å². The van der Waals surface area contributed by atoms with E-state index in [-0.39, 0.29) is 10.6 Å². The summed E-state index contributed by atoms with van der Waals surface area (Å²) in [6.07, 6.45) is 2.47. The van der Waals surface area contributed by atoms with Crippen molar-refractivity contribution in [1.29, 1.82) is 0 Å². The van der Waals surface area contributed by atoms with E-state index >= 15 is 0 Å². The SMILES string of the molecule is CCCc1ccc(S(=O)(=O)Nc2cc(N3CCCS3(=O)=O)ccc2C)cc1. The van der Waals surface area contributed by atoms with Gasteiger partial charge in [-0.3, -0.25) is 9.03 Å². The first kappa shape index (κ1) is 19.7. The molecule has 0 bridgehead atoms. The van der Waals surface area contributed by atoms with Crippen LogP contribution in [0.15, 0.2) is 47.4 Å². The predicted molar refractivity (Wildman–Crippen MR) is 108 cm³/mol. The van der Waals surface area contributed by atoms with Gasteiger partial charge in [-0.25, -0.2) is 16.8 Å². The summed E-state index contributed by atoms with van der Waals surface area (Å²) < 4.78 is 53.7. The Kier molecular flexibility index (Phi) is 5.48. The van der Waals surface area contributed by atoms with Crippen molar-refractivity contribution in [1.82, 2.24) is 0 Å². The summed E-state index contributed by atoms with van der Waals surface area (Å²) in [5.74, 6) is 0.117. The molecule has 0 aliphatic carbocycles. The molecule has 8 heteroatoms. The minimum Gasteiger partial charge on any atom is -0.279 e. The number of nitrogens with one attached hydrogen (secondary N) is 1. The molecule has 27 heavy (non-hydrogen) atoms. The topological polar surface area (TPSA) is 83.6 Å². The van der Waals surface area contributed by atoms with Gasteiger partial charge >= 0.3 is 0 Å². The van der Waals surface area contributed by atoms with Crippen molar-refractivity contribution < 1.29 is 16.8 Å². The molecule has 1 aliphatic rings. The van der Waals surface area contributed by atoms with Crippen LogP contribution in [-0.4, -0.2) is 29.1 Å². The molecule has 0 radical (unpaired) electrons. The van der Waals surface area contributed by atoms with Crippen LogP contribution >= 0.6 is 0 Å². The highest BCUT2D eigenvalue weighted by Crippen LogP contribution is 2.29. The number of rotatable bonds is 6. The van der Waals surface area contributed by atoms with Gasteiger partial charge < -0.3 is 0 Å². The smallest absolute Gasteiger partial charge is 0.261 e. The van der Waals surface area contributed by atoms with E-state index in [1.165, 1.54) is 4.31 Å². The second-order valence-electron chi connectivity index (χ2n) is 6.74. The second-order valence-corrected chi connectivity index (χ2v) is 10.4. The molecular weight excluding hydrogens is 384 g/mol. The summed E-state index contributed by atoms with van der Waals surface area (Å²) in [5.41, 5.74) is 2.68. The summed E-state index contributed by atoms with van der Waals surface area (Å²) in [6, 6.07) is 11.8. The molecule has 0 saturated carbocycles. The Morgan fingerprint density at radius 2 is 1.81 bits per heavy atom. The lowest BCUT2D eigenvalue weighted by Gasteiger charge is -2.19. The first-order valence-electron chi connectivity index (χ1n) is 8.96. The van der Waals surface area contributed by atoms with Crippen molar-refractivity contribution in [2.24, 2.45) is 0 Å². The molecule has 0 amide bonds. The zero-order valence-electron chi connectivity index (χ0n) is 15.5. The maximum Gasteiger partial charge on any atom is 0.261 e. The lowest BCUT2D eigenvalue weighted by atomic mass is 10.1. The van der Waals surface area contributed by atoms with E-state index in [1.807, 2.05) is 12.1 Å². The number of nitrogens with zero attached hydrogens (tertiary/aromatic N) is 1. The molecule has 0 atom stereocenters. The lowest BCUT2D eigenvalue weighted by molar-refractivity contribution is 0.598. The molecule has 0 spiro atoms. The van der Waals surface area contributed by atoms with Crippen LogP contribution in [0.3, 0.4) is 0 Å². The molecule has 1 saturated heterocycles. The monoisotopic (exact) mass is 408 g/mol. The van der Waals surface area contributed by atoms with E-state index in [0.717, 1.165) is 24.0 Å². The summed E-state index contributed by atoms with van der Waals surface area (Å²) in [4.78, 5) is 0.181. The average Bonchev–Trinajstić information content (AvgIpc) is 2.97. The Hall–Kier alpha value is -2.06.